The van der Waals surface area contributed by atoms with Crippen LogP contribution in [0.1, 0.15) is 0 Å². The zero-order chi connectivity index (χ0) is 14.4. The van der Waals surface area contributed by atoms with Gasteiger partial charge in [-0.2, -0.15) is 0 Å². The topological polar surface area (TPSA) is 102 Å². The summed E-state index contributed by atoms with van der Waals surface area (Å²) in [5.74, 6) is -0.990. The Kier molecular flexibility index (Phi) is 5.49. The van der Waals surface area contributed by atoms with E-state index in [2.05, 4.69) is 35.4 Å². The lowest BCUT2D eigenvalue weighted by molar-refractivity contribution is -0.140. The minimum absolute atomic E-state index is 0.114. The molecule has 0 fully saturated rings. The van der Waals surface area contributed by atoms with Crippen molar-refractivity contribution in [1.29, 1.82) is 0 Å². The first-order valence-corrected chi connectivity index (χ1v) is 5.90. The fourth-order valence-corrected chi connectivity index (χ4v) is 1.71. The Bertz CT molecular complexity index is 512. The number of aromatic amines is 1. The lowest BCUT2D eigenvalue weighted by Gasteiger charge is -2.21. The third-order valence-corrected chi connectivity index (χ3v) is 2.89. The van der Waals surface area contributed by atoms with Gasteiger partial charge in [0.25, 0.3) is 5.56 Å². The molecular formula is C10H12BrN3O5. The van der Waals surface area contributed by atoms with Gasteiger partial charge in [0.15, 0.2) is 5.82 Å². The van der Waals surface area contributed by atoms with E-state index in [4.69, 9.17) is 0 Å². The molecule has 0 atom stereocenters. The third kappa shape index (κ3) is 4.05. The smallest absolute Gasteiger partial charge is 0.325 e. The average Bonchev–Trinajstić information content (AvgIpc) is 2.40. The fourth-order valence-electron chi connectivity index (χ4n) is 1.24. The highest BCUT2D eigenvalue weighted by Gasteiger charge is 2.20. The lowest BCUT2D eigenvalue weighted by Crippen LogP contribution is -2.37. The van der Waals surface area contributed by atoms with E-state index in [1.165, 1.54) is 25.4 Å². The molecule has 9 heteroatoms. The van der Waals surface area contributed by atoms with Crippen LogP contribution in [0.2, 0.25) is 0 Å². The van der Waals surface area contributed by atoms with Gasteiger partial charge in [0.1, 0.15) is 17.6 Å². The normalized spacial score (nSPS) is 9.84. The highest BCUT2D eigenvalue weighted by atomic mass is 79.9. The Morgan fingerprint density at radius 1 is 1.32 bits per heavy atom. The van der Waals surface area contributed by atoms with Crippen LogP contribution in [0.25, 0.3) is 0 Å². The Hall–Kier alpha value is -1.90. The van der Waals surface area contributed by atoms with Gasteiger partial charge in [-0.3, -0.25) is 14.4 Å². The third-order valence-electron chi connectivity index (χ3n) is 2.17. The maximum atomic E-state index is 11.5. The number of hydrogen-bond acceptors (Lipinski definition) is 7. The molecule has 19 heavy (non-hydrogen) atoms. The van der Waals surface area contributed by atoms with Gasteiger partial charge in [0.05, 0.1) is 20.5 Å². The molecule has 0 aromatic carbocycles. The van der Waals surface area contributed by atoms with E-state index in [-0.39, 0.29) is 23.4 Å². The van der Waals surface area contributed by atoms with Gasteiger partial charge < -0.3 is 19.4 Å². The van der Waals surface area contributed by atoms with Crippen LogP contribution in [0, 0.1) is 0 Å². The summed E-state index contributed by atoms with van der Waals surface area (Å²) >= 11 is 3.05. The van der Waals surface area contributed by atoms with Crippen LogP contribution in [-0.2, 0) is 19.1 Å². The predicted molar refractivity (Wildman–Crippen MR) is 68.8 cm³/mol. The fraction of sp³-hybridized carbons (Fsp3) is 0.400. The van der Waals surface area contributed by atoms with E-state index in [1.54, 1.807) is 0 Å². The molecule has 0 saturated heterocycles. The van der Waals surface area contributed by atoms with Gasteiger partial charge in [-0.15, -0.1) is 0 Å². The number of ether oxygens (including phenoxy) is 2. The molecule has 104 valence electrons. The molecule has 0 radical (unpaired) electrons. The van der Waals surface area contributed by atoms with Gasteiger partial charge in [0, 0.05) is 0 Å². The number of carbonyl (C=O) groups is 2. The van der Waals surface area contributed by atoms with Crippen LogP contribution in [0.5, 0.6) is 0 Å². The molecule has 0 aliphatic carbocycles. The SMILES string of the molecule is COC(=O)CN(CC(=O)OC)c1nc[nH]c(=O)c1Br. The monoisotopic (exact) mass is 333 g/mol. The number of aromatic nitrogens is 2. The van der Waals surface area contributed by atoms with Crippen LogP contribution in [0.3, 0.4) is 0 Å². The molecule has 0 amide bonds. The molecule has 0 bridgehead atoms. The molecule has 1 aromatic rings. The van der Waals surface area contributed by atoms with Gasteiger partial charge in [-0.1, -0.05) is 0 Å². The second-order valence-corrected chi connectivity index (χ2v) is 4.17. The predicted octanol–water partition coefficient (Wildman–Crippen LogP) is -0.315. The van der Waals surface area contributed by atoms with E-state index >= 15 is 0 Å². The number of anilines is 1. The minimum Gasteiger partial charge on any atom is -0.468 e. The molecule has 1 N–H and O–H groups in total. The van der Waals surface area contributed by atoms with Crippen molar-refractivity contribution < 1.29 is 19.1 Å². The quantitative estimate of drug-likeness (QED) is 0.737. The van der Waals surface area contributed by atoms with Crippen molar-refractivity contribution in [3.8, 4) is 0 Å². The number of nitrogens with zero attached hydrogens (tertiary/aromatic N) is 2. The Morgan fingerprint density at radius 2 is 1.84 bits per heavy atom. The van der Waals surface area contributed by atoms with Crippen molar-refractivity contribution in [3.05, 3.63) is 21.2 Å². The van der Waals surface area contributed by atoms with Crippen molar-refractivity contribution in [3.63, 3.8) is 0 Å². The second-order valence-electron chi connectivity index (χ2n) is 3.38. The van der Waals surface area contributed by atoms with Gasteiger partial charge in [0.2, 0.25) is 0 Å². The minimum atomic E-state index is -0.571. The molecule has 0 aliphatic heterocycles. The number of hydrogen-bond donors (Lipinski definition) is 1. The number of rotatable bonds is 5. The number of methoxy groups -OCH3 is 2. The molecule has 1 rings (SSSR count). The largest absolute Gasteiger partial charge is 0.468 e. The van der Waals surface area contributed by atoms with E-state index in [0.717, 1.165) is 0 Å². The number of nitrogens with one attached hydrogen (secondary N) is 1. The molecule has 0 spiro atoms. The van der Waals surface area contributed by atoms with Crippen LogP contribution in [0.4, 0.5) is 5.82 Å². The lowest BCUT2D eigenvalue weighted by atomic mass is 10.4. The first-order valence-electron chi connectivity index (χ1n) is 5.11. The molecule has 0 saturated carbocycles. The van der Waals surface area contributed by atoms with E-state index in [0.29, 0.717) is 0 Å². The van der Waals surface area contributed by atoms with Crippen molar-refractivity contribution >= 4 is 33.7 Å². The summed E-state index contributed by atoms with van der Waals surface area (Å²) in [7, 11) is 2.44. The Labute approximate surface area is 116 Å². The number of halogens is 1. The van der Waals surface area contributed by atoms with Gasteiger partial charge in [-0.25, -0.2) is 4.98 Å². The summed E-state index contributed by atoms with van der Waals surface area (Å²) in [4.78, 5) is 41.6. The summed E-state index contributed by atoms with van der Waals surface area (Å²) < 4.78 is 9.17. The van der Waals surface area contributed by atoms with Crippen LogP contribution >= 0.6 is 15.9 Å². The van der Waals surface area contributed by atoms with E-state index in [9.17, 15) is 14.4 Å². The molecule has 1 heterocycles. The van der Waals surface area contributed by atoms with Crippen molar-refractivity contribution in [2.45, 2.75) is 0 Å². The molecule has 0 unspecified atom stereocenters. The van der Waals surface area contributed by atoms with Gasteiger partial charge >= 0.3 is 11.9 Å². The standard InChI is InChI=1S/C10H12BrN3O5/c1-18-6(15)3-14(4-7(16)19-2)9-8(11)10(17)13-5-12-9/h5H,3-4H2,1-2H3,(H,12,13,17). The Morgan fingerprint density at radius 3 is 2.32 bits per heavy atom. The summed E-state index contributed by atoms with van der Waals surface area (Å²) in [6, 6.07) is 0. The van der Waals surface area contributed by atoms with Crippen molar-refractivity contribution in [1.82, 2.24) is 9.97 Å². The second kappa shape index (κ2) is 6.88. The summed E-state index contributed by atoms with van der Waals surface area (Å²) in [6.07, 6.45) is 1.17. The summed E-state index contributed by atoms with van der Waals surface area (Å²) in [5, 5.41) is 0. The number of carbonyl (C=O) groups excluding carboxylic acids is 2. The van der Waals surface area contributed by atoms with Gasteiger partial charge in [-0.05, 0) is 15.9 Å². The van der Waals surface area contributed by atoms with Crippen molar-refractivity contribution in [2.75, 3.05) is 32.2 Å². The average molecular weight is 334 g/mol. The zero-order valence-electron chi connectivity index (χ0n) is 10.3. The summed E-state index contributed by atoms with van der Waals surface area (Å²) in [6.45, 7) is -0.471. The maximum absolute atomic E-state index is 11.5. The maximum Gasteiger partial charge on any atom is 0.325 e. The Balaban J connectivity index is 3.07. The van der Waals surface area contributed by atoms with Crippen LogP contribution in [0.15, 0.2) is 15.6 Å². The van der Waals surface area contributed by atoms with Crippen molar-refractivity contribution in [2.24, 2.45) is 0 Å². The van der Waals surface area contributed by atoms with Crippen LogP contribution in [-0.4, -0.2) is 49.2 Å². The van der Waals surface area contributed by atoms with Crippen LogP contribution < -0.4 is 10.5 Å². The molecule has 1 aromatic heterocycles. The summed E-state index contributed by atoms with van der Waals surface area (Å²) in [5.41, 5.74) is -0.426. The highest BCUT2D eigenvalue weighted by molar-refractivity contribution is 9.10. The molecule has 8 nitrogen and oxygen atoms in total. The molecular weight excluding hydrogens is 322 g/mol. The van der Waals surface area contributed by atoms with E-state index in [1.807, 2.05) is 0 Å². The zero-order valence-corrected chi connectivity index (χ0v) is 11.9. The highest BCUT2D eigenvalue weighted by Crippen LogP contribution is 2.18. The molecule has 0 aliphatic rings. The first kappa shape index (κ1) is 15.2. The number of esters is 2. The first-order chi connectivity index (χ1) is 8.99. The van der Waals surface area contributed by atoms with E-state index < -0.39 is 17.5 Å². The number of H-pyrrole nitrogens is 1.